The summed E-state index contributed by atoms with van der Waals surface area (Å²) in [5, 5.41) is 4.19. The van der Waals surface area contributed by atoms with Crippen LogP contribution in [0.4, 0.5) is 13.2 Å². The molecule has 5 rings (SSSR count). The molecule has 3 aromatic rings. The molecule has 2 aliphatic rings. The van der Waals surface area contributed by atoms with Gasteiger partial charge in [-0.25, -0.2) is 9.97 Å². The molecule has 1 N–H and O–H groups in total. The topological polar surface area (TPSA) is 42.7 Å². The predicted octanol–water partition coefficient (Wildman–Crippen LogP) is 6.35. The summed E-state index contributed by atoms with van der Waals surface area (Å²) >= 11 is 0. The summed E-state index contributed by atoms with van der Waals surface area (Å²) in [5.74, 6) is 1.67. The molecule has 0 atom stereocenters. The summed E-state index contributed by atoms with van der Waals surface area (Å²) in [6, 6.07) is 5.65. The van der Waals surface area contributed by atoms with Crippen LogP contribution in [0.25, 0.3) is 21.9 Å². The first-order valence-electron chi connectivity index (χ1n) is 12.0. The maximum absolute atomic E-state index is 14.1. The zero-order valence-electron chi connectivity index (χ0n) is 18.6. The Morgan fingerprint density at radius 2 is 1.75 bits per heavy atom. The van der Waals surface area contributed by atoms with Gasteiger partial charge in [0.05, 0.1) is 11.0 Å². The average Bonchev–Trinajstić information content (AvgIpc) is 3.18. The molecule has 1 saturated carbocycles. The summed E-state index contributed by atoms with van der Waals surface area (Å²) in [5.41, 5.74) is 1.01. The lowest BCUT2D eigenvalue weighted by Crippen LogP contribution is -2.28. The van der Waals surface area contributed by atoms with Crippen LogP contribution in [-0.4, -0.2) is 27.6 Å². The van der Waals surface area contributed by atoms with Gasteiger partial charge in [-0.3, -0.25) is 0 Å². The number of hydrogen-bond acceptors (Lipinski definition) is 3. The van der Waals surface area contributed by atoms with Crippen molar-refractivity contribution in [3.05, 3.63) is 35.3 Å². The number of aromatic nitrogens is 3. The molecule has 1 aliphatic heterocycles. The fourth-order valence-electron chi connectivity index (χ4n) is 5.65. The number of pyridine rings is 1. The lowest BCUT2D eigenvalue weighted by molar-refractivity contribution is -0.139. The van der Waals surface area contributed by atoms with Gasteiger partial charge in [-0.05, 0) is 63.6 Å². The fraction of sp³-hybridized carbons (Fsp3) is 0.600. The van der Waals surface area contributed by atoms with Crippen LogP contribution in [-0.2, 0) is 12.7 Å². The number of aryl methyl sites for hydroxylation is 2. The number of nitrogens with one attached hydrogen (secondary N) is 1. The van der Waals surface area contributed by atoms with Gasteiger partial charge in [-0.2, -0.15) is 13.2 Å². The summed E-state index contributed by atoms with van der Waals surface area (Å²) in [6.45, 7) is 4.60. The van der Waals surface area contributed by atoms with E-state index in [0.717, 1.165) is 81.4 Å². The van der Waals surface area contributed by atoms with Crippen LogP contribution in [0, 0.1) is 12.8 Å². The van der Waals surface area contributed by atoms with E-state index in [9.17, 15) is 13.2 Å². The zero-order chi connectivity index (χ0) is 22.3. The molecule has 2 aromatic heterocycles. The van der Waals surface area contributed by atoms with E-state index in [2.05, 4.69) is 14.9 Å². The minimum absolute atomic E-state index is 0.0292. The zero-order valence-corrected chi connectivity index (χ0v) is 18.6. The van der Waals surface area contributed by atoms with Crippen LogP contribution in [0.1, 0.15) is 74.4 Å². The summed E-state index contributed by atoms with van der Waals surface area (Å²) < 4.78 is 44.5. The lowest BCUT2D eigenvalue weighted by atomic mass is 9.88. The van der Waals surface area contributed by atoms with Gasteiger partial charge in [0.1, 0.15) is 11.3 Å². The summed E-state index contributed by atoms with van der Waals surface area (Å²) in [6.07, 6.45) is 4.13. The molecular formula is C25H31F3N4. The van der Waals surface area contributed by atoms with Gasteiger partial charge in [-0.15, -0.1) is 0 Å². The van der Waals surface area contributed by atoms with Gasteiger partial charge in [0.2, 0.25) is 0 Å². The maximum Gasteiger partial charge on any atom is 0.435 e. The normalized spacial score (nSPS) is 19.2. The highest BCUT2D eigenvalue weighted by Gasteiger charge is 2.38. The number of imidazole rings is 1. The van der Waals surface area contributed by atoms with Gasteiger partial charge in [0, 0.05) is 17.8 Å². The maximum atomic E-state index is 14.1. The van der Waals surface area contributed by atoms with Gasteiger partial charge in [0.25, 0.3) is 0 Å². The van der Waals surface area contributed by atoms with Gasteiger partial charge in [-0.1, -0.05) is 37.5 Å². The summed E-state index contributed by atoms with van der Waals surface area (Å²) in [4.78, 5) is 8.83. The molecule has 1 aromatic carbocycles. The number of rotatable bonds is 4. The molecule has 4 nitrogen and oxygen atoms in total. The first-order valence-corrected chi connectivity index (χ1v) is 12.0. The molecule has 32 heavy (non-hydrogen) atoms. The van der Waals surface area contributed by atoms with Crippen LogP contribution >= 0.6 is 0 Å². The van der Waals surface area contributed by atoms with Crippen molar-refractivity contribution in [2.75, 3.05) is 13.1 Å². The number of halogens is 3. The first-order chi connectivity index (χ1) is 15.4. The molecule has 3 heterocycles. The number of hydrogen-bond donors (Lipinski definition) is 1. The van der Waals surface area contributed by atoms with Gasteiger partial charge >= 0.3 is 6.18 Å². The Hall–Kier alpha value is -2.15. The van der Waals surface area contributed by atoms with E-state index in [1.54, 1.807) is 0 Å². The molecule has 1 aliphatic carbocycles. The number of benzene rings is 1. The molecule has 172 valence electrons. The first kappa shape index (κ1) is 21.7. The fourth-order valence-corrected chi connectivity index (χ4v) is 5.65. The molecule has 0 bridgehead atoms. The second kappa shape index (κ2) is 8.65. The Morgan fingerprint density at radius 3 is 2.47 bits per heavy atom. The number of alkyl halides is 3. The van der Waals surface area contributed by atoms with E-state index in [-0.39, 0.29) is 11.4 Å². The third-order valence-corrected chi connectivity index (χ3v) is 7.40. The predicted molar refractivity (Wildman–Crippen MR) is 121 cm³/mol. The van der Waals surface area contributed by atoms with Crippen molar-refractivity contribution in [1.82, 2.24) is 19.9 Å². The highest BCUT2D eigenvalue weighted by Crippen LogP contribution is 2.41. The number of para-hydroxylation sites is 1. The quantitative estimate of drug-likeness (QED) is 0.510. The highest BCUT2D eigenvalue weighted by molar-refractivity contribution is 6.04. The molecule has 0 radical (unpaired) electrons. The highest BCUT2D eigenvalue weighted by atomic mass is 19.4. The van der Waals surface area contributed by atoms with E-state index >= 15 is 0 Å². The van der Waals surface area contributed by atoms with Crippen LogP contribution < -0.4 is 5.32 Å². The molecule has 7 heteroatoms. The van der Waals surface area contributed by atoms with E-state index in [1.165, 1.54) is 6.42 Å². The van der Waals surface area contributed by atoms with Gasteiger partial charge < -0.3 is 9.88 Å². The lowest BCUT2D eigenvalue weighted by Gasteiger charge is -2.25. The molecule has 0 amide bonds. The van der Waals surface area contributed by atoms with Crippen molar-refractivity contribution in [3.8, 4) is 0 Å². The third kappa shape index (κ3) is 4.00. The molecule has 1 saturated heterocycles. The van der Waals surface area contributed by atoms with E-state index in [4.69, 9.17) is 4.98 Å². The van der Waals surface area contributed by atoms with Crippen molar-refractivity contribution in [2.45, 2.75) is 76.9 Å². The third-order valence-electron chi connectivity index (χ3n) is 7.40. The minimum atomic E-state index is -4.53. The largest absolute Gasteiger partial charge is 0.435 e. The Bertz CT molecular complexity index is 1110. The van der Waals surface area contributed by atoms with Crippen molar-refractivity contribution < 1.29 is 13.2 Å². The number of piperidine rings is 1. The van der Waals surface area contributed by atoms with Crippen molar-refractivity contribution >= 4 is 21.9 Å². The summed E-state index contributed by atoms with van der Waals surface area (Å²) in [7, 11) is 0. The van der Waals surface area contributed by atoms with Crippen molar-refractivity contribution in [3.63, 3.8) is 0 Å². The van der Waals surface area contributed by atoms with Gasteiger partial charge in [0.15, 0.2) is 5.69 Å². The Balaban J connectivity index is 1.71. The molecular weight excluding hydrogens is 413 g/mol. The van der Waals surface area contributed by atoms with Crippen molar-refractivity contribution in [1.29, 1.82) is 0 Å². The van der Waals surface area contributed by atoms with E-state index in [0.29, 0.717) is 17.0 Å². The SMILES string of the molecule is Cc1cccc2c1nc(C(F)(F)F)c1nc(C3CCCCC3)n(CCC3CCNCC3)c12. The van der Waals surface area contributed by atoms with E-state index < -0.39 is 11.9 Å². The van der Waals surface area contributed by atoms with Crippen LogP contribution in [0.3, 0.4) is 0 Å². The molecule has 2 fully saturated rings. The average molecular weight is 445 g/mol. The number of nitrogens with zero attached hydrogens (tertiary/aromatic N) is 3. The van der Waals surface area contributed by atoms with Crippen LogP contribution in [0.15, 0.2) is 18.2 Å². The molecule has 0 spiro atoms. The second-order valence-corrected chi connectivity index (χ2v) is 9.57. The monoisotopic (exact) mass is 444 g/mol. The van der Waals surface area contributed by atoms with Crippen molar-refractivity contribution in [2.24, 2.45) is 5.92 Å². The second-order valence-electron chi connectivity index (χ2n) is 9.57. The Morgan fingerprint density at radius 1 is 1.00 bits per heavy atom. The Labute approximate surface area is 186 Å². The smallest absolute Gasteiger partial charge is 0.327 e. The van der Waals surface area contributed by atoms with Crippen LogP contribution in [0.5, 0.6) is 0 Å². The molecule has 0 unspecified atom stereocenters. The van der Waals surface area contributed by atoms with Crippen LogP contribution in [0.2, 0.25) is 0 Å². The standard InChI is InChI=1S/C25H31F3N4/c1-16-6-5-9-19-20(16)30-23(25(26,27)28)21-22(19)32(15-12-17-10-13-29-14-11-17)24(31-21)18-7-3-2-4-8-18/h5-6,9,17-18,29H,2-4,7-8,10-15H2,1H3. The Kier molecular flexibility index (Phi) is 5.86. The van der Waals surface area contributed by atoms with E-state index in [1.807, 2.05) is 25.1 Å². The minimum Gasteiger partial charge on any atom is -0.327 e. The number of fused-ring (bicyclic) bond motifs is 3.